The molecule has 0 aromatic heterocycles. The Labute approximate surface area is 114 Å². The Bertz CT molecular complexity index is 638. The zero-order chi connectivity index (χ0) is 15.0. The van der Waals surface area contributed by atoms with E-state index in [2.05, 4.69) is 0 Å². The van der Waals surface area contributed by atoms with E-state index >= 15 is 0 Å². The molecule has 1 aliphatic heterocycles. The van der Waals surface area contributed by atoms with E-state index in [0.29, 0.717) is 0 Å². The number of nitro benzene ring substituents is 1. The molecule has 7 nitrogen and oxygen atoms in total. The summed E-state index contributed by atoms with van der Waals surface area (Å²) in [6, 6.07) is 3.96. The molecule has 1 aromatic rings. The number of amides is 2. The molecule has 1 heterocycles. The summed E-state index contributed by atoms with van der Waals surface area (Å²) in [6.07, 6.45) is -0.0877. The number of carbonyl (C=O) groups excluding carboxylic acids is 3. The molecule has 1 atom stereocenters. The number of ketones is 1. The molecule has 1 unspecified atom stereocenters. The second kappa shape index (κ2) is 4.84. The molecular weight excluding hydrogens is 264 g/mol. The van der Waals surface area contributed by atoms with Crippen molar-refractivity contribution in [2.45, 2.75) is 19.3 Å². The number of rotatable bonds is 3. The van der Waals surface area contributed by atoms with Crippen molar-refractivity contribution in [2.24, 2.45) is 0 Å². The van der Waals surface area contributed by atoms with Crippen LogP contribution in [0.25, 0.3) is 0 Å². The molecule has 1 fully saturated rings. The van der Waals surface area contributed by atoms with Crippen molar-refractivity contribution in [3.8, 4) is 0 Å². The number of benzene rings is 1. The lowest BCUT2D eigenvalue weighted by molar-refractivity contribution is -0.385. The summed E-state index contributed by atoms with van der Waals surface area (Å²) in [6.45, 7) is 1.30. The van der Waals surface area contributed by atoms with E-state index in [-0.39, 0.29) is 34.9 Å². The summed E-state index contributed by atoms with van der Waals surface area (Å²) >= 11 is 0. The van der Waals surface area contributed by atoms with Crippen LogP contribution in [0.2, 0.25) is 0 Å². The van der Waals surface area contributed by atoms with E-state index in [9.17, 15) is 24.5 Å². The fourth-order valence-electron chi connectivity index (χ4n) is 2.21. The van der Waals surface area contributed by atoms with Gasteiger partial charge in [-0.15, -0.1) is 0 Å². The highest BCUT2D eigenvalue weighted by Crippen LogP contribution is 2.35. The molecular formula is C13H12N2O5. The zero-order valence-electron chi connectivity index (χ0n) is 11.0. The minimum absolute atomic E-state index is 0.0877. The van der Waals surface area contributed by atoms with E-state index in [1.807, 2.05) is 0 Å². The predicted molar refractivity (Wildman–Crippen MR) is 68.2 cm³/mol. The largest absolute Gasteiger partial charge is 0.295 e. The average molecular weight is 276 g/mol. The van der Waals surface area contributed by atoms with Crippen molar-refractivity contribution in [2.75, 3.05) is 7.05 Å². The van der Waals surface area contributed by atoms with Gasteiger partial charge in [0.2, 0.25) is 11.8 Å². The number of nitrogens with zero attached hydrogens (tertiary/aromatic N) is 2. The number of hydrogen-bond donors (Lipinski definition) is 0. The zero-order valence-corrected chi connectivity index (χ0v) is 11.0. The number of Topliss-reactive ketones (excluding diaryl/α,β-unsaturated/α-hetero) is 1. The third-order valence-electron chi connectivity index (χ3n) is 3.39. The van der Waals surface area contributed by atoms with Gasteiger partial charge in [0.1, 0.15) is 0 Å². The van der Waals surface area contributed by atoms with Gasteiger partial charge >= 0.3 is 0 Å². The van der Waals surface area contributed by atoms with Crippen LogP contribution in [-0.4, -0.2) is 34.5 Å². The van der Waals surface area contributed by atoms with Gasteiger partial charge in [-0.25, -0.2) is 0 Å². The number of hydrogen-bond acceptors (Lipinski definition) is 5. The topological polar surface area (TPSA) is 97.6 Å². The van der Waals surface area contributed by atoms with Gasteiger partial charge in [-0.05, 0) is 6.92 Å². The van der Waals surface area contributed by atoms with Crippen LogP contribution < -0.4 is 0 Å². The summed E-state index contributed by atoms with van der Waals surface area (Å²) in [5, 5.41) is 11.1. The second-order valence-corrected chi connectivity index (χ2v) is 4.63. The lowest BCUT2D eigenvalue weighted by Gasteiger charge is -2.10. The predicted octanol–water partition coefficient (Wildman–Crippen LogP) is 1.27. The van der Waals surface area contributed by atoms with Crippen molar-refractivity contribution in [1.82, 2.24) is 4.90 Å². The highest BCUT2D eigenvalue weighted by Gasteiger charge is 2.40. The normalized spacial score (nSPS) is 18.5. The Hall–Kier alpha value is -2.57. The fraction of sp³-hybridized carbons (Fsp3) is 0.308. The van der Waals surface area contributed by atoms with Crippen molar-refractivity contribution in [3.05, 3.63) is 39.4 Å². The van der Waals surface area contributed by atoms with Crippen LogP contribution in [0.15, 0.2) is 18.2 Å². The molecule has 2 rings (SSSR count). The van der Waals surface area contributed by atoms with Gasteiger partial charge in [0.15, 0.2) is 5.78 Å². The average Bonchev–Trinajstić information content (AvgIpc) is 2.65. The maximum absolute atomic E-state index is 11.9. The molecule has 0 aliphatic carbocycles. The number of imide groups is 1. The summed E-state index contributed by atoms with van der Waals surface area (Å²) in [5.41, 5.74) is 0.0624. The van der Waals surface area contributed by atoms with E-state index in [0.717, 1.165) is 11.0 Å². The third kappa shape index (κ3) is 2.18. The Balaban J connectivity index is 2.52. The molecule has 2 amide bonds. The Morgan fingerprint density at radius 3 is 2.50 bits per heavy atom. The summed E-state index contributed by atoms with van der Waals surface area (Å²) in [7, 11) is 1.35. The summed E-state index contributed by atoms with van der Waals surface area (Å²) < 4.78 is 0. The molecule has 1 aromatic carbocycles. The lowest BCUT2D eigenvalue weighted by Crippen LogP contribution is -2.25. The summed E-state index contributed by atoms with van der Waals surface area (Å²) in [5.74, 6) is -1.99. The molecule has 0 spiro atoms. The smallest absolute Gasteiger partial charge is 0.274 e. The van der Waals surface area contributed by atoms with Crippen molar-refractivity contribution < 1.29 is 19.3 Å². The van der Waals surface area contributed by atoms with Gasteiger partial charge in [-0.2, -0.15) is 0 Å². The molecule has 0 saturated carbocycles. The number of likely N-dealkylation sites (tertiary alicyclic amines) is 1. The van der Waals surface area contributed by atoms with Gasteiger partial charge in [-0.1, -0.05) is 12.1 Å². The maximum Gasteiger partial charge on any atom is 0.274 e. The van der Waals surface area contributed by atoms with Gasteiger partial charge in [0.05, 0.1) is 10.8 Å². The minimum atomic E-state index is -0.853. The fourth-order valence-corrected chi connectivity index (χ4v) is 2.21. The van der Waals surface area contributed by atoms with Crippen molar-refractivity contribution in [1.29, 1.82) is 0 Å². The van der Waals surface area contributed by atoms with Crippen LogP contribution in [0.4, 0.5) is 5.69 Å². The van der Waals surface area contributed by atoms with Crippen LogP contribution in [0, 0.1) is 10.1 Å². The molecule has 20 heavy (non-hydrogen) atoms. The monoisotopic (exact) mass is 276 g/mol. The SMILES string of the molecule is CC(=O)c1ccc(C2CC(=O)N(C)C2=O)c([N+](=O)[O-])c1. The Morgan fingerprint density at radius 1 is 1.40 bits per heavy atom. The van der Waals surface area contributed by atoms with E-state index in [4.69, 9.17) is 0 Å². The van der Waals surface area contributed by atoms with Crippen LogP contribution in [0.3, 0.4) is 0 Å². The van der Waals surface area contributed by atoms with Crippen molar-refractivity contribution in [3.63, 3.8) is 0 Å². The molecule has 0 bridgehead atoms. The molecule has 0 radical (unpaired) electrons. The first-order valence-electron chi connectivity index (χ1n) is 5.92. The van der Waals surface area contributed by atoms with Crippen LogP contribution in [-0.2, 0) is 9.59 Å². The standard InChI is InChI=1S/C13H12N2O5/c1-7(16)8-3-4-9(11(5-8)15(19)20)10-6-12(17)14(2)13(10)18/h3-5,10H,6H2,1-2H3. The number of likely N-dealkylation sites (N-methyl/N-ethyl adjacent to an activating group) is 1. The summed E-state index contributed by atoms with van der Waals surface area (Å²) in [4.78, 5) is 46.1. The molecule has 1 saturated heterocycles. The second-order valence-electron chi connectivity index (χ2n) is 4.63. The van der Waals surface area contributed by atoms with Gasteiger partial charge < -0.3 is 0 Å². The minimum Gasteiger partial charge on any atom is -0.295 e. The lowest BCUT2D eigenvalue weighted by atomic mass is 9.94. The molecule has 7 heteroatoms. The third-order valence-corrected chi connectivity index (χ3v) is 3.39. The Kier molecular flexibility index (Phi) is 3.35. The maximum atomic E-state index is 11.9. The van der Waals surface area contributed by atoms with Crippen LogP contribution in [0.5, 0.6) is 0 Å². The van der Waals surface area contributed by atoms with E-state index in [1.54, 1.807) is 0 Å². The quantitative estimate of drug-likeness (QED) is 0.358. The molecule has 1 aliphatic rings. The van der Waals surface area contributed by atoms with Crippen molar-refractivity contribution >= 4 is 23.3 Å². The van der Waals surface area contributed by atoms with Gasteiger partial charge in [0, 0.05) is 30.7 Å². The van der Waals surface area contributed by atoms with E-state index < -0.39 is 16.7 Å². The first kappa shape index (κ1) is 13.9. The van der Waals surface area contributed by atoms with Gasteiger partial charge in [0.25, 0.3) is 5.69 Å². The first-order chi connectivity index (χ1) is 9.32. The van der Waals surface area contributed by atoms with Gasteiger partial charge in [-0.3, -0.25) is 29.4 Å². The Morgan fingerprint density at radius 2 is 2.05 bits per heavy atom. The number of carbonyl (C=O) groups is 3. The van der Waals surface area contributed by atoms with E-state index in [1.165, 1.54) is 26.1 Å². The number of nitro groups is 1. The van der Waals surface area contributed by atoms with Crippen LogP contribution in [0.1, 0.15) is 35.2 Å². The molecule has 104 valence electrons. The molecule has 0 N–H and O–H groups in total. The highest BCUT2D eigenvalue weighted by atomic mass is 16.6. The van der Waals surface area contributed by atoms with Crippen LogP contribution >= 0.6 is 0 Å². The highest BCUT2D eigenvalue weighted by molar-refractivity contribution is 6.06. The first-order valence-corrected chi connectivity index (χ1v) is 5.92.